The molecule has 18 heavy (non-hydrogen) atoms. The zero-order valence-corrected chi connectivity index (χ0v) is 12.2. The first kappa shape index (κ1) is 13.9. The van der Waals surface area contributed by atoms with Gasteiger partial charge >= 0.3 is 0 Å². The average Bonchev–Trinajstić information content (AvgIpc) is 2.83. The van der Waals surface area contributed by atoms with E-state index in [2.05, 4.69) is 4.90 Å². The first-order valence-electron chi connectivity index (χ1n) is 5.54. The largest absolute Gasteiger partial charge is 0.392 e. The molecule has 1 aliphatic heterocycles. The van der Waals surface area contributed by atoms with E-state index in [1.807, 2.05) is 0 Å². The van der Waals surface area contributed by atoms with Gasteiger partial charge in [-0.05, 0) is 11.4 Å². The van der Waals surface area contributed by atoms with Crippen molar-refractivity contribution in [3.8, 4) is 0 Å². The van der Waals surface area contributed by atoms with Crippen LogP contribution in [0.1, 0.15) is 0 Å². The van der Waals surface area contributed by atoms with Crippen LogP contribution in [0.5, 0.6) is 0 Å². The summed E-state index contributed by atoms with van der Waals surface area (Å²) in [6, 6.07) is 3.39. The van der Waals surface area contributed by atoms with Crippen molar-refractivity contribution in [3.63, 3.8) is 0 Å². The minimum Gasteiger partial charge on any atom is -0.392 e. The van der Waals surface area contributed by atoms with Crippen LogP contribution in [0.25, 0.3) is 0 Å². The fourth-order valence-electron chi connectivity index (χ4n) is 1.89. The summed E-state index contributed by atoms with van der Waals surface area (Å²) >= 11 is 6.10. The molecule has 2 N–H and O–H groups in total. The van der Waals surface area contributed by atoms with E-state index in [-0.39, 0.29) is 0 Å². The SMILES string of the molecule is NC(=S)CN1CCN(S(=O)(=O)c2cccs2)CC1. The Morgan fingerprint density at radius 3 is 2.56 bits per heavy atom. The second-order valence-electron chi connectivity index (χ2n) is 4.08. The summed E-state index contributed by atoms with van der Waals surface area (Å²) in [5.74, 6) is 0. The molecule has 1 aromatic heterocycles. The maximum absolute atomic E-state index is 12.2. The molecule has 0 aromatic carbocycles. The first-order valence-corrected chi connectivity index (χ1v) is 8.27. The topological polar surface area (TPSA) is 66.6 Å². The van der Waals surface area contributed by atoms with Gasteiger partial charge in [0.2, 0.25) is 0 Å². The molecule has 100 valence electrons. The molecular weight excluding hydrogens is 290 g/mol. The Balaban J connectivity index is 2.00. The molecule has 0 aliphatic carbocycles. The lowest BCUT2D eigenvalue weighted by Gasteiger charge is -2.33. The van der Waals surface area contributed by atoms with Gasteiger partial charge in [-0.3, -0.25) is 4.90 Å². The summed E-state index contributed by atoms with van der Waals surface area (Å²) in [4.78, 5) is 2.52. The van der Waals surface area contributed by atoms with E-state index in [1.54, 1.807) is 17.5 Å². The highest BCUT2D eigenvalue weighted by molar-refractivity contribution is 7.91. The molecule has 0 radical (unpaired) electrons. The van der Waals surface area contributed by atoms with Crippen molar-refractivity contribution in [2.75, 3.05) is 32.7 Å². The molecule has 1 fully saturated rings. The number of sulfonamides is 1. The smallest absolute Gasteiger partial charge is 0.252 e. The maximum atomic E-state index is 12.2. The number of thiocarbonyl (C=S) groups is 1. The second kappa shape index (κ2) is 5.62. The lowest BCUT2D eigenvalue weighted by atomic mass is 10.3. The molecule has 0 spiro atoms. The third-order valence-electron chi connectivity index (χ3n) is 2.80. The Kier molecular flexibility index (Phi) is 4.33. The summed E-state index contributed by atoms with van der Waals surface area (Å²) in [7, 11) is -3.31. The van der Waals surface area contributed by atoms with Gasteiger partial charge in [0.15, 0.2) is 0 Å². The van der Waals surface area contributed by atoms with Gasteiger partial charge < -0.3 is 5.73 Å². The summed E-state index contributed by atoms with van der Waals surface area (Å²) in [6.07, 6.45) is 0. The molecule has 5 nitrogen and oxygen atoms in total. The van der Waals surface area contributed by atoms with Crippen LogP contribution < -0.4 is 5.73 Å². The second-order valence-corrected chi connectivity index (χ2v) is 7.72. The Morgan fingerprint density at radius 1 is 1.39 bits per heavy atom. The summed E-state index contributed by atoms with van der Waals surface area (Å²) in [6.45, 7) is 2.87. The first-order chi connectivity index (χ1) is 8.50. The lowest BCUT2D eigenvalue weighted by Crippen LogP contribution is -2.50. The fraction of sp³-hybridized carbons (Fsp3) is 0.500. The van der Waals surface area contributed by atoms with Crippen molar-refractivity contribution < 1.29 is 8.42 Å². The van der Waals surface area contributed by atoms with E-state index >= 15 is 0 Å². The van der Waals surface area contributed by atoms with Crippen molar-refractivity contribution >= 4 is 38.6 Å². The monoisotopic (exact) mass is 305 g/mol. The normalized spacial score (nSPS) is 18.9. The Labute approximate surface area is 116 Å². The minimum absolute atomic E-state index is 0.408. The van der Waals surface area contributed by atoms with E-state index in [9.17, 15) is 8.42 Å². The van der Waals surface area contributed by atoms with Crippen LogP contribution in [0, 0.1) is 0 Å². The molecule has 0 unspecified atom stereocenters. The molecule has 8 heteroatoms. The summed E-state index contributed by atoms with van der Waals surface area (Å²) < 4.78 is 26.4. The van der Waals surface area contributed by atoms with Gasteiger partial charge in [0, 0.05) is 32.7 Å². The number of hydrogen-bond donors (Lipinski definition) is 1. The highest BCUT2D eigenvalue weighted by Crippen LogP contribution is 2.21. The summed E-state index contributed by atoms with van der Waals surface area (Å²) in [5.41, 5.74) is 5.48. The van der Waals surface area contributed by atoms with Crippen LogP contribution in [0.4, 0.5) is 0 Å². The van der Waals surface area contributed by atoms with Crippen molar-refractivity contribution in [2.45, 2.75) is 4.21 Å². The van der Waals surface area contributed by atoms with E-state index in [0.29, 0.717) is 41.9 Å². The molecule has 0 saturated carbocycles. The summed E-state index contributed by atoms with van der Waals surface area (Å²) in [5, 5.41) is 1.77. The van der Waals surface area contributed by atoms with Gasteiger partial charge in [-0.2, -0.15) is 4.31 Å². The Bertz CT molecular complexity index is 504. The third kappa shape index (κ3) is 3.07. The number of nitrogens with two attached hydrogens (primary N) is 1. The van der Waals surface area contributed by atoms with E-state index in [0.717, 1.165) is 0 Å². The number of thiophene rings is 1. The molecule has 0 atom stereocenters. The van der Waals surface area contributed by atoms with Crippen LogP contribution in [-0.4, -0.2) is 55.3 Å². The molecule has 1 aromatic rings. The lowest BCUT2D eigenvalue weighted by molar-refractivity contribution is 0.210. The zero-order chi connectivity index (χ0) is 13.2. The van der Waals surface area contributed by atoms with Gasteiger partial charge in [0.1, 0.15) is 4.21 Å². The van der Waals surface area contributed by atoms with Crippen molar-refractivity contribution in [1.29, 1.82) is 0 Å². The number of piperazine rings is 1. The Morgan fingerprint density at radius 2 is 2.06 bits per heavy atom. The number of rotatable bonds is 4. The molecule has 1 saturated heterocycles. The number of nitrogens with zero attached hydrogens (tertiary/aromatic N) is 2. The van der Waals surface area contributed by atoms with Gasteiger partial charge in [-0.25, -0.2) is 8.42 Å². The maximum Gasteiger partial charge on any atom is 0.252 e. The van der Waals surface area contributed by atoms with E-state index in [1.165, 1.54) is 15.6 Å². The molecular formula is C10H15N3O2S3. The molecule has 2 heterocycles. The van der Waals surface area contributed by atoms with E-state index in [4.69, 9.17) is 18.0 Å². The van der Waals surface area contributed by atoms with Gasteiger partial charge in [0.05, 0.1) is 4.99 Å². The third-order valence-corrected chi connectivity index (χ3v) is 6.20. The van der Waals surface area contributed by atoms with Crippen LogP contribution in [-0.2, 0) is 10.0 Å². The van der Waals surface area contributed by atoms with Crippen LogP contribution in [0.3, 0.4) is 0 Å². The number of hydrogen-bond acceptors (Lipinski definition) is 5. The van der Waals surface area contributed by atoms with E-state index < -0.39 is 10.0 Å². The standard InChI is InChI=1S/C10H15N3O2S3/c11-9(16)8-12-3-5-13(6-4-12)18(14,15)10-2-1-7-17-10/h1-2,7H,3-6,8H2,(H2,11,16). The van der Waals surface area contributed by atoms with Crippen molar-refractivity contribution in [3.05, 3.63) is 17.5 Å². The predicted molar refractivity (Wildman–Crippen MR) is 76.3 cm³/mol. The molecule has 0 amide bonds. The van der Waals surface area contributed by atoms with Gasteiger partial charge in [-0.15, -0.1) is 11.3 Å². The van der Waals surface area contributed by atoms with Crippen LogP contribution in [0.15, 0.2) is 21.7 Å². The highest BCUT2D eigenvalue weighted by Gasteiger charge is 2.28. The molecule has 0 bridgehead atoms. The molecule has 2 rings (SSSR count). The average molecular weight is 305 g/mol. The van der Waals surface area contributed by atoms with Crippen molar-refractivity contribution in [2.24, 2.45) is 5.73 Å². The van der Waals surface area contributed by atoms with Gasteiger partial charge in [0.25, 0.3) is 10.0 Å². The zero-order valence-electron chi connectivity index (χ0n) is 9.78. The minimum atomic E-state index is -3.31. The quantitative estimate of drug-likeness (QED) is 0.813. The van der Waals surface area contributed by atoms with Crippen molar-refractivity contribution in [1.82, 2.24) is 9.21 Å². The van der Waals surface area contributed by atoms with Gasteiger partial charge in [-0.1, -0.05) is 18.3 Å². The van der Waals surface area contributed by atoms with Crippen LogP contribution >= 0.6 is 23.6 Å². The molecule has 1 aliphatic rings. The predicted octanol–water partition coefficient (Wildman–Crippen LogP) is 0.341. The highest BCUT2D eigenvalue weighted by atomic mass is 32.2. The van der Waals surface area contributed by atoms with Crippen LogP contribution in [0.2, 0.25) is 0 Å². The Hall–Kier alpha value is -0.540. The fourth-order valence-corrected chi connectivity index (χ4v) is 4.64.